The normalized spacial score (nSPS) is 24.4. The van der Waals surface area contributed by atoms with E-state index in [1.165, 1.54) is 45.1 Å². The number of fused-ring (bicyclic) bond motifs is 6. The van der Waals surface area contributed by atoms with Gasteiger partial charge in [0.2, 0.25) is 5.75 Å². The van der Waals surface area contributed by atoms with Gasteiger partial charge in [-0.15, -0.1) is 0 Å². The molecule has 5 N–H and O–H groups in total. The number of aliphatic hydroxyl groups is 1. The first-order valence-corrected chi connectivity index (χ1v) is 16.7. The average molecular weight is 714 g/mol. The highest BCUT2D eigenvalue weighted by atomic mass is 16.6. The maximum Gasteiger partial charge on any atom is 0.338 e. The van der Waals surface area contributed by atoms with Crippen LogP contribution >= 0.6 is 0 Å². The van der Waals surface area contributed by atoms with Crippen molar-refractivity contribution >= 4 is 28.8 Å². The highest BCUT2D eigenvalue weighted by Crippen LogP contribution is 2.51. The lowest BCUT2D eigenvalue weighted by atomic mass is 9.63. The third-order valence-corrected chi connectivity index (χ3v) is 10.3. The number of aromatic nitrogens is 1. The van der Waals surface area contributed by atoms with E-state index in [2.05, 4.69) is 16.0 Å². The molecule has 2 aromatic carbocycles. The van der Waals surface area contributed by atoms with Crippen molar-refractivity contribution in [1.82, 2.24) is 9.88 Å². The van der Waals surface area contributed by atoms with E-state index in [1.54, 1.807) is 26.4 Å². The first-order valence-electron chi connectivity index (χ1n) is 16.7. The van der Waals surface area contributed by atoms with Crippen LogP contribution in [0.4, 0.5) is 0 Å². The minimum absolute atomic E-state index is 0.0170. The smallest absolute Gasteiger partial charge is 0.338 e. The monoisotopic (exact) mass is 713 g/mol. The maximum absolute atomic E-state index is 13.5. The Kier molecular flexibility index (Phi) is 12.0. The van der Waals surface area contributed by atoms with Crippen molar-refractivity contribution in [2.24, 2.45) is 23.5 Å². The van der Waals surface area contributed by atoms with Crippen molar-refractivity contribution in [2.45, 2.75) is 43.6 Å². The van der Waals surface area contributed by atoms with E-state index in [-0.39, 0.29) is 29.4 Å². The van der Waals surface area contributed by atoms with Gasteiger partial charge in [0.1, 0.15) is 24.0 Å². The SMILES string of the molecule is COC(=O)[C@H]1[C@H]2C[C@@H]3c4[nH]c5cc(OC)ccc5c4CCN3C[C@H]2C[C@@H](OC(=O)c2cc(OC)c(OC)c(OC)c2)[C@@H]1OC.NC(CO)C(=O)O. The number of hydrogen-bond acceptors (Lipinski definition) is 13. The molecule has 1 aliphatic carbocycles. The molecule has 2 fully saturated rings. The van der Waals surface area contributed by atoms with Gasteiger partial charge in [0, 0.05) is 42.9 Å². The molecule has 3 aromatic rings. The molecular formula is C36H47N3O12. The lowest BCUT2D eigenvalue weighted by Gasteiger charge is -2.52. The second kappa shape index (κ2) is 16.2. The molecule has 3 aliphatic rings. The number of ether oxygens (including phenoxy) is 7. The van der Waals surface area contributed by atoms with Crippen LogP contribution in [0.5, 0.6) is 23.0 Å². The molecule has 51 heavy (non-hydrogen) atoms. The summed E-state index contributed by atoms with van der Waals surface area (Å²) in [7, 11) is 9.10. The van der Waals surface area contributed by atoms with Crippen LogP contribution in [-0.4, -0.2) is 119 Å². The van der Waals surface area contributed by atoms with Crippen molar-refractivity contribution in [3.63, 3.8) is 0 Å². The van der Waals surface area contributed by atoms with Gasteiger partial charge in [-0.3, -0.25) is 14.5 Å². The number of aliphatic carboxylic acids is 1. The number of H-pyrrole nitrogens is 1. The Morgan fingerprint density at radius 2 is 1.69 bits per heavy atom. The summed E-state index contributed by atoms with van der Waals surface area (Å²) in [5.74, 6) is -0.738. The van der Waals surface area contributed by atoms with E-state index >= 15 is 0 Å². The molecule has 0 spiro atoms. The molecule has 15 nitrogen and oxygen atoms in total. The van der Waals surface area contributed by atoms with Crippen LogP contribution in [0.1, 0.15) is 40.5 Å². The Morgan fingerprint density at radius 1 is 0.980 bits per heavy atom. The molecule has 3 heterocycles. The minimum atomic E-state index is -1.18. The van der Waals surface area contributed by atoms with Crippen LogP contribution in [0.2, 0.25) is 0 Å². The highest BCUT2D eigenvalue weighted by Gasteiger charge is 2.54. The van der Waals surface area contributed by atoms with Crippen LogP contribution in [-0.2, 0) is 30.2 Å². The Labute approximate surface area is 295 Å². The summed E-state index contributed by atoms with van der Waals surface area (Å²) in [6.07, 6.45) is 0.920. The molecule has 1 unspecified atom stereocenters. The lowest BCUT2D eigenvalue weighted by Crippen LogP contribution is -2.58. The van der Waals surface area contributed by atoms with Crippen LogP contribution in [0.3, 0.4) is 0 Å². The summed E-state index contributed by atoms with van der Waals surface area (Å²) in [6, 6.07) is 8.27. The molecule has 2 aliphatic heterocycles. The third-order valence-electron chi connectivity index (χ3n) is 10.3. The Bertz CT molecular complexity index is 1700. The first-order chi connectivity index (χ1) is 24.5. The zero-order valence-electron chi connectivity index (χ0n) is 29.7. The number of benzene rings is 2. The van der Waals surface area contributed by atoms with Gasteiger partial charge in [0.15, 0.2) is 11.5 Å². The molecule has 278 valence electrons. The molecule has 6 rings (SSSR count). The Morgan fingerprint density at radius 3 is 2.24 bits per heavy atom. The number of nitrogens with two attached hydrogens (primary N) is 1. The number of piperidine rings is 1. The van der Waals surface area contributed by atoms with Gasteiger partial charge in [-0.05, 0) is 60.9 Å². The van der Waals surface area contributed by atoms with Crippen molar-refractivity contribution in [3.8, 4) is 23.0 Å². The summed E-state index contributed by atoms with van der Waals surface area (Å²) in [6.45, 7) is 1.18. The van der Waals surface area contributed by atoms with Crippen LogP contribution < -0.4 is 24.7 Å². The summed E-state index contributed by atoms with van der Waals surface area (Å²) in [4.78, 5) is 42.8. The Balaban J connectivity index is 0.000000654. The fourth-order valence-corrected chi connectivity index (χ4v) is 7.84. The predicted octanol–water partition coefficient (Wildman–Crippen LogP) is 2.56. The van der Waals surface area contributed by atoms with E-state index in [4.69, 9.17) is 49.1 Å². The van der Waals surface area contributed by atoms with Crippen molar-refractivity contribution in [3.05, 3.63) is 47.2 Å². The number of aliphatic hydroxyl groups excluding tert-OH is 1. The molecule has 7 atom stereocenters. The highest BCUT2D eigenvalue weighted by molar-refractivity contribution is 5.91. The number of carbonyl (C=O) groups is 3. The number of carbonyl (C=O) groups excluding carboxylic acids is 2. The van der Waals surface area contributed by atoms with Gasteiger partial charge < -0.3 is 54.1 Å². The fraction of sp³-hybridized carbons (Fsp3) is 0.528. The fourth-order valence-electron chi connectivity index (χ4n) is 7.84. The maximum atomic E-state index is 13.5. The standard InChI is InChI=1S/C33H40N2O9.C3H7NO3/c1-38-19-7-8-20-21-9-10-35-16-18-13-27(44-32(36)17-11-25(39-2)30(41-4)26(12-17)40-3)31(42-5)28(33(37)43-6)22(18)15-24(35)29(21)34-23(20)14-19;4-2(1-5)3(6)7/h7-8,11-12,14,18,22,24,27-28,31,34H,9-10,13,15-16H2,1-6H3;2,5H,1,4H2,(H,6,7)/t18-,22+,24-,27-,28+,31+;/m1./s1. The van der Waals surface area contributed by atoms with Crippen molar-refractivity contribution in [1.29, 1.82) is 0 Å². The van der Waals surface area contributed by atoms with Crippen LogP contribution in [0.25, 0.3) is 10.9 Å². The van der Waals surface area contributed by atoms with E-state index in [9.17, 15) is 14.4 Å². The molecule has 1 saturated heterocycles. The van der Waals surface area contributed by atoms with Gasteiger partial charge in [-0.2, -0.15) is 0 Å². The first kappa shape index (κ1) is 37.7. The lowest BCUT2D eigenvalue weighted by molar-refractivity contribution is -0.176. The second-order valence-corrected chi connectivity index (χ2v) is 12.8. The molecule has 1 saturated carbocycles. The number of carboxylic acids is 1. The van der Waals surface area contributed by atoms with Gasteiger partial charge in [-0.25, -0.2) is 4.79 Å². The number of carboxylic acid groups (broad SMARTS) is 1. The summed E-state index contributed by atoms with van der Waals surface area (Å²) < 4.78 is 39.1. The average Bonchev–Trinajstić information content (AvgIpc) is 3.53. The summed E-state index contributed by atoms with van der Waals surface area (Å²) >= 11 is 0. The summed E-state index contributed by atoms with van der Waals surface area (Å²) in [5.41, 5.74) is 8.59. The number of aromatic amines is 1. The van der Waals surface area contributed by atoms with Gasteiger partial charge in [-0.1, -0.05) is 0 Å². The number of hydrogen-bond donors (Lipinski definition) is 4. The molecular weight excluding hydrogens is 666 g/mol. The van der Waals surface area contributed by atoms with E-state index in [0.717, 1.165) is 37.2 Å². The molecule has 0 bridgehead atoms. The number of rotatable bonds is 10. The summed E-state index contributed by atoms with van der Waals surface area (Å²) in [5, 5.41) is 17.1. The minimum Gasteiger partial charge on any atom is -0.497 e. The number of methoxy groups -OCH3 is 6. The second-order valence-electron chi connectivity index (χ2n) is 12.8. The number of nitrogens with zero attached hydrogens (tertiary/aromatic N) is 1. The topological polar surface area (TPSA) is 201 Å². The van der Waals surface area contributed by atoms with Crippen molar-refractivity contribution < 1.29 is 57.8 Å². The van der Waals surface area contributed by atoms with Crippen LogP contribution in [0.15, 0.2) is 30.3 Å². The zero-order chi connectivity index (χ0) is 37.0. The van der Waals surface area contributed by atoms with Gasteiger partial charge in [0.25, 0.3) is 0 Å². The molecule has 0 radical (unpaired) electrons. The third kappa shape index (κ3) is 7.42. The number of nitrogens with one attached hydrogen (secondary N) is 1. The van der Waals surface area contributed by atoms with Gasteiger partial charge >= 0.3 is 17.9 Å². The van der Waals surface area contributed by atoms with E-state index < -0.39 is 42.7 Å². The van der Waals surface area contributed by atoms with Crippen LogP contribution in [0, 0.1) is 17.8 Å². The molecule has 15 heteroatoms. The van der Waals surface area contributed by atoms with Gasteiger partial charge in [0.05, 0.1) is 59.7 Å². The van der Waals surface area contributed by atoms with Crippen molar-refractivity contribution in [2.75, 3.05) is 62.4 Å². The zero-order valence-corrected chi connectivity index (χ0v) is 29.7. The Hall–Kier alpha value is -4.57. The predicted molar refractivity (Wildman–Crippen MR) is 183 cm³/mol. The molecule has 1 aromatic heterocycles. The largest absolute Gasteiger partial charge is 0.497 e. The quantitative estimate of drug-likeness (QED) is 0.223. The number of esters is 2. The van der Waals surface area contributed by atoms with E-state index in [0.29, 0.717) is 23.7 Å². The van der Waals surface area contributed by atoms with E-state index in [1.807, 2.05) is 12.1 Å². The molecule has 0 amide bonds.